The van der Waals surface area contributed by atoms with Crippen LogP contribution in [0.3, 0.4) is 0 Å². The molecule has 0 radical (unpaired) electrons. The van der Waals surface area contributed by atoms with Crippen molar-refractivity contribution in [3.05, 3.63) is 222 Å². The van der Waals surface area contributed by atoms with Crippen LogP contribution >= 0.6 is 0 Å². The van der Waals surface area contributed by atoms with E-state index < -0.39 is 189 Å². The third-order valence-corrected chi connectivity index (χ3v) is 24.1. The highest BCUT2D eigenvalue weighted by atomic mass is 16.4. The van der Waals surface area contributed by atoms with Gasteiger partial charge in [-0.05, 0) is 84.0 Å². The quantitative estimate of drug-likeness (QED) is 0.00668. The lowest BCUT2D eigenvalue weighted by Crippen LogP contribution is -2.62. The van der Waals surface area contributed by atoms with Crippen LogP contribution in [0.2, 0.25) is 0 Å². The number of carboxylic acids is 3. The number of aliphatic carboxylic acids is 3. The number of fused-ring (bicyclic) bond motifs is 2. The number of benzene rings is 6. The number of nitrogens with one attached hydrogen (secondary N) is 17. The first-order chi connectivity index (χ1) is 67.8. The largest absolute Gasteiger partial charge is 0.480 e. The molecule has 45 heteroatoms. The number of carbonyl (C=O) groups excluding carboxylic acids is 12. The van der Waals surface area contributed by atoms with Gasteiger partial charge in [0.05, 0.1) is 39.1 Å². The van der Waals surface area contributed by atoms with E-state index in [0.717, 1.165) is 11.1 Å². The first kappa shape index (κ1) is 105. The van der Waals surface area contributed by atoms with Crippen LogP contribution in [0.1, 0.15) is 82.4 Å². The number of carbonyl (C=O) groups is 15. The van der Waals surface area contributed by atoms with Crippen molar-refractivity contribution in [2.75, 3.05) is 105 Å². The molecule has 12 amide bonds. The summed E-state index contributed by atoms with van der Waals surface area (Å²) in [6.07, 6.45) is 4.42. The molecule has 6 aromatic carbocycles. The number of amides is 12. The van der Waals surface area contributed by atoms with E-state index >= 15 is 38.4 Å². The maximum absolute atomic E-state index is 15.5. The molecule has 0 saturated carbocycles. The van der Waals surface area contributed by atoms with Crippen molar-refractivity contribution >= 4 is 123 Å². The summed E-state index contributed by atoms with van der Waals surface area (Å²) in [5.41, 5.74) is 26.8. The molecular weight excluding hydrogens is 1820 g/mol. The lowest BCUT2D eigenvalue weighted by atomic mass is 9.98. The summed E-state index contributed by atoms with van der Waals surface area (Å²) >= 11 is 0. The second-order valence-corrected chi connectivity index (χ2v) is 34.4. The highest BCUT2D eigenvalue weighted by Crippen LogP contribution is 2.26. The van der Waals surface area contributed by atoms with Crippen LogP contribution in [0.25, 0.3) is 32.9 Å². The number of hydrogen-bond acceptors (Lipinski definition) is 23. The fourth-order valence-corrected chi connectivity index (χ4v) is 16.8. The average Bonchev–Trinajstić information content (AvgIpc) is 1.70. The average molecular weight is 1940 g/mol. The Morgan fingerprint density at radius 1 is 0.411 bits per heavy atom. The number of ketones is 1. The molecule has 0 aliphatic carbocycles. The summed E-state index contributed by atoms with van der Waals surface area (Å²) < 4.78 is 0. The number of aromatic amines is 3. The molecule has 2 aliphatic heterocycles. The number of aliphatic hydroxyl groups excluding tert-OH is 1. The van der Waals surface area contributed by atoms with Crippen LogP contribution in [0, 0.1) is 10.8 Å². The molecule has 748 valence electrons. The minimum absolute atomic E-state index is 0.00510. The molecule has 27 N–H and O–H groups in total. The van der Waals surface area contributed by atoms with E-state index in [1.54, 1.807) is 147 Å². The van der Waals surface area contributed by atoms with E-state index in [1.807, 2.05) is 47.9 Å². The second kappa shape index (κ2) is 52.5. The van der Waals surface area contributed by atoms with E-state index in [-0.39, 0.29) is 141 Å². The molecular formula is C96H120N26O19. The number of urea groups is 1. The highest BCUT2D eigenvalue weighted by Gasteiger charge is 2.41. The lowest BCUT2D eigenvalue weighted by Gasteiger charge is -2.33. The number of likely N-dealkylation sites (tertiary alicyclic amines) is 1. The number of rotatable bonds is 47. The van der Waals surface area contributed by atoms with Crippen molar-refractivity contribution in [1.29, 1.82) is 10.8 Å². The Morgan fingerprint density at radius 2 is 0.801 bits per heavy atom. The summed E-state index contributed by atoms with van der Waals surface area (Å²) in [6, 6.07) is 30.0. The summed E-state index contributed by atoms with van der Waals surface area (Å²) in [7, 11) is 0. The second-order valence-electron chi connectivity index (χ2n) is 34.4. The van der Waals surface area contributed by atoms with Crippen LogP contribution < -0.4 is 81.2 Å². The molecule has 2 saturated heterocycles. The summed E-state index contributed by atoms with van der Waals surface area (Å²) in [6.45, 7) is -2.30. The standard InChI is InChI=1S/C96H120N26O19/c97-94(98)103-33-11-22-71(109-87(134)73(44-58-25-29-61(30-26-58)60-14-3-1-4-15-60)108-80(124)52-118-36-38-119(53-81(125)126)40-42-121(55-83(129)130)43-41-120(39-37-118)54-82(127)128)85(132)112-75(47-65-50-106-70-21-10-8-19-68(65)70)89(136)115-78(56-123)91(138)113-76(48-66-51-102-57-107-66)90(137)110-72(23-12-34-104-95(99)100)86(133)111-74(46-64-49-105-69-20-9-7-18-67(64)69)88(135)114-77(93(140)122-35-13-24-79(122)92(139)116-117-96(101)141)45-59-27-31-63(32-28-59)84(131)62-16-5-2-6-17-62/h1-10,14-21,25-32,49-51,57,71-79,105-106,123H,11-13,22-24,33-48,52-56H2,(H,102,107)(H,108,124)(H,109,134)(H,110,137)(H,111,133)(H,112,132)(H,113,138)(H,114,135)(H,115,136)(H,116,139)(H,125,126)(H,127,128)(H,129,130)(H4,97,98,103)(H4,99,100,104)(H3,101,117,141)/t71-,72+,73-,74-,75-,76-,77-,78-,79-/m0/s1. The number of imidazole rings is 1. The summed E-state index contributed by atoms with van der Waals surface area (Å²) in [5, 5.41) is 85.2. The highest BCUT2D eigenvalue weighted by molar-refractivity contribution is 6.09. The van der Waals surface area contributed by atoms with Crippen molar-refractivity contribution in [3.63, 3.8) is 0 Å². The molecule has 45 nitrogen and oxygen atoms in total. The molecule has 0 spiro atoms. The maximum atomic E-state index is 15.5. The van der Waals surface area contributed by atoms with E-state index in [0.29, 0.717) is 61.6 Å². The van der Waals surface area contributed by atoms with Gasteiger partial charge in [0.1, 0.15) is 54.4 Å². The first-order valence-corrected chi connectivity index (χ1v) is 46.1. The van der Waals surface area contributed by atoms with Gasteiger partial charge in [-0.1, -0.05) is 146 Å². The van der Waals surface area contributed by atoms with Gasteiger partial charge in [-0.3, -0.25) is 103 Å². The van der Waals surface area contributed by atoms with Gasteiger partial charge in [0.15, 0.2) is 17.7 Å². The molecule has 0 unspecified atom stereocenters. The minimum Gasteiger partial charge on any atom is -0.480 e. The van der Waals surface area contributed by atoms with Crippen LogP contribution in [0.4, 0.5) is 4.79 Å². The number of aliphatic hydroxyl groups is 1. The van der Waals surface area contributed by atoms with Crippen LogP contribution in [0.15, 0.2) is 183 Å². The fourth-order valence-electron chi connectivity index (χ4n) is 16.8. The monoisotopic (exact) mass is 1940 g/mol. The molecule has 3 aromatic heterocycles. The normalized spacial score (nSPS) is 15.6. The number of guanidine groups is 2. The Balaban J connectivity index is 0.858. The van der Waals surface area contributed by atoms with Crippen molar-refractivity contribution in [1.82, 2.24) is 108 Å². The number of hydrogen-bond donors (Lipinski definition) is 24. The molecule has 9 aromatic rings. The van der Waals surface area contributed by atoms with Gasteiger partial charge < -0.3 is 111 Å². The van der Waals surface area contributed by atoms with Gasteiger partial charge in [-0.25, -0.2) is 15.2 Å². The topological polar surface area (TPSA) is 684 Å². The van der Waals surface area contributed by atoms with E-state index in [1.165, 1.54) is 17.4 Å². The molecule has 2 aliphatic rings. The molecule has 11 rings (SSSR count). The minimum atomic E-state index is -1.95. The smallest absolute Gasteiger partial charge is 0.330 e. The first-order valence-electron chi connectivity index (χ1n) is 46.1. The zero-order chi connectivity index (χ0) is 101. The van der Waals surface area contributed by atoms with Crippen molar-refractivity contribution in [2.45, 2.75) is 125 Å². The number of H-pyrrole nitrogens is 3. The Hall–Kier alpha value is -16.0. The van der Waals surface area contributed by atoms with Crippen molar-refractivity contribution in [2.24, 2.45) is 17.2 Å². The van der Waals surface area contributed by atoms with Crippen molar-refractivity contribution in [3.8, 4) is 11.1 Å². The zero-order valence-electron chi connectivity index (χ0n) is 77.4. The summed E-state index contributed by atoms with van der Waals surface area (Å²) in [4.78, 5) is 234. The number of nitrogens with two attached hydrogens (primary N) is 3. The van der Waals surface area contributed by atoms with Gasteiger partial charge in [-0.2, -0.15) is 0 Å². The van der Waals surface area contributed by atoms with Crippen LogP contribution in [-0.4, -0.2) is 325 Å². The summed E-state index contributed by atoms with van der Waals surface area (Å²) in [5.74, 6) is -14.0. The van der Waals surface area contributed by atoms with Crippen LogP contribution in [0.5, 0.6) is 0 Å². The van der Waals surface area contributed by atoms with E-state index in [2.05, 4.69) is 78.5 Å². The predicted octanol–water partition coefficient (Wildman–Crippen LogP) is -1.65. The van der Waals surface area contributed by atoms with Gasteiger partial charge in [0.2, 0.25) is 53.2 Å². The lowest BCUT2D eigenvalue weighted by molar-refractivity contribution is -0.142. The van der Waals surface area contributed by atoms with Crippen molar-refractivity contribution < 1.29 is 92.3 Å². The van der Waals surface area contributed by atoms with Gasteiger partial charge in [0, 0.05) is 161 Å². The molecule has 5 heterocycles. The van der Waals surface area contributed by atoms with E-state index in [4.69, 9.17) is 28.0 Å². The predicted molar refractivity (Wildman–Crippen MR) is 517 cm³/mol. The third kappa shape index (κ3) is 32.6. The number of para-hydroxylation sites is 2. The Labute approximate surface area is 810 Å². The molecule has 9 atom stereocenters. The Kier molecular flexibility index (Phi) is 39.3. The van der Waals surface area contributed by atoms with Gasteiger partial charge in [-0.15, -0.1) is 0 Å². The zero-order valence-corrected chi connectivity index (χ0v) is 77.4. The Morgan fingerprint density at radius 3 is 1.26 bits per heavy atom. The van der Waals surface area contributed by atoms with E-state index in [9.17, 15) is 54.0 Å². The maximum Gasteiger partial charge on any atom is 0.330 e. The number of aromatic nitrogens is 4. The third-order valence-electron chi connectivity index (χ3n) is 24.1. The molecule has 0 bridgehead atoms. The van der Waals surface area contributed by atoms with Gasteiger partial charge in [0.25, 0.3) is 5.91 Å². The number of carboxylic acid groups (broad SMARTS) is 3. The van der Waals surface area contributed by atoms with Crippen LogP contribution in [-0.2, 0) is 94.4 Å². The molecule has 141 heavy (non-hydrogen) atoms. The number of hydrazine groups is 1. The SMILES string of the molecule is N=C(N)NCCC[C@H](NC(=O)[C@H](Cc1ccc(-c2ccccc2)cc1)NC(=O)CN1CCN(CC(=O)O)CCN(CC(=O)O)CCN(CC(=O)O)CC1)C(=O)N[C@@H](Cc1c[nH]c2ccccc12)C(=O)N[C@@H](CO)C(=O)N[C@@H](Cc1cnc[nH]1)C(=O)N[C@H](CCCNC(=N)N)C(=O)N[C@@H](Cc1c[nH]c2ccccc12)C(=O)N[C@@H](Cc1ccc(C(=O)c2ccccc2)cc1)C(=O)N1CCC[C@H]1C(=O)NNC(N)=O. The number of primary amides is 1. The van der Waals surface area contributed by atoms with Gasteiger partial charge >= 0.3 is 23.9 Å². The fraction of sp³-hybridized carbons (Fsp3) is 0.375. The molecule has 2 fully saturated rings. The number of nitrogens with zero attached hydrogens (tertiary/aromatic N) is 6. The Bertz CT molecular complexity index is 5820.